The number of amides is 1. The molecule has 0 aliphatic rings. The van der Waals surface area contributed by atoms with E-state index in [1.807, 2.05) is 13.8 Å². The molecule has 0 aliphatic carbocycles. The smallest absolute Gasteiger partial charge is 0.325 e. The summed E-state index contributed by atoms with van der Waals surface area (Å²) in [6, 6.07) is 0. The third-order valence-electron chi connectivity index (χ3n) is 2.07. The van der Waals surface area contributed by atoms with Gasteiger partial charge in [-0.15, -0.1) is 0 Å². The minimum Gasteiger partial charge on any atom is -0.465 e. The first-order valence-electron chi connectivity index (χ1n) is 5.08. The molecular formula is C10H19NO3. The molecule has 0 aliphatic heterocycles. The number of hydrogen-bond acceptors (Lipinski definition) is 3. The fourth-order valence-corrected chi connectivity index (χ4v) is 1.18. The number of ether oxygens (including phenoxy) is 1. The second kappa shape index (κ2) is 7.35. The molecule has 0 spiro atoms. The number of hydrogen-bond donors (Lipinski definition) is 1. The molecule has 82 valence electrons. The fraction of sp³-hybridized carbons (Fsp3) is 0.800. The highest BCUT2D eigenvalue weighted by molar-refractivity contribution is 5.83. The maximum absolute atomic E-state index is 11.4. The molecule has 0 heterocycles. The van der Waals surface area contributed by atoms with Crippen molar-refractivity contribution in [2.24, 2.45) is 5.92 Å². The molecule has 0 rings (SSSR count). The molecule has 0 radical (unpaired) electrons. The van der Waals surface area contributed by atoms with Crippen molar-refractivity contribution >= 4 is 11.9 Å². The summed E-state index contributed by atoms with van der Waals surface area (Å²) in [6.45, 7) is 5.97. The summed E-state index contributed by atoms with van der Waals surface area (Å²) >= 11 is 0. The van der Waals surface area contributed by atoms with E-state index in [4.69, 9.17) is 0 Å². The zero-order valence-corrected chi connectivity index (χ0v) is 9.13. The Labute approximate surface area is 85.0 Å². The second-order valence-corrected chi connectivity index (χ2v) is 3.04. The van der Waals surface area contributed by atoms with Crippen LogP contribution in [-0.2, 0) is 14.3 Å². The van der Waals surface area contributed by atoms with Crippen molar-refractivity contribution in [3.8, 4) is 0 Å². The van der Waals surface area contributed by atoms with Gasteiger partial charge in [0.15, 0.2) is 0 Å². The van der Waals surface area contributed by atoms with Crippen LogP contribution >= 0.6 is 0 Å². The Morgan fingerprint density at radius 2 is 1.79 bits per heavy atom. The van der Waals surface area contributed by atoms with Crippen molar-refractivity contribution in [1.29, 1.82) is 0 Å². The third kappa shape index (κ3) is 4.84. The maximum atomic E-state index is 11.4. The number of esters is 1. The lowest BCUT2D eigenvalue weighted by Crippen LogP contribution is -2.35. The Kier molecular flexibility index (Phi) is 6.80. The summed E-state index contributed by atoms with van der Waals surface area (Å²) in [7, 11) is 0. The lowest BCUT2D eigenvalue weighted by Gasteiger charge is -2.11. The van der Waals surface area contributed by atoms with E-state index in [2.05, 4.69) is 10.1 Å². The topological polar surface area (TPSA) is 55.4 Å². The SMILES string of the molecule is CCOC(=O)CNC(=O)C(CC)CC. The van der Waals surface area contributed by atoms with Crippen molar-refractivity contribution in [3.05, 3.63) is 0 Å². The Balaban J connectivity index is 3.77. The Morgan fingerprint density at radius 1 is 1.21 bits per heavy atom. The summed E-state index contributed by atoms with van der Waals surface area (Å²) < 4.78 is 4.69. The van der Waals surface area contributed by atoms with Crippen molar-refractivity contribution < 1.29 is 14.3 Å². The van der Waals surface area contributed by atoms with Crippen LogP contribution in [0.15, 0.2) is 0 Å². The van der Waals surface area contributed by atoms with Crippen LogP contribution in [-0.4, -0.2) is 25.0 Å². The molecule has 14 heavy (non-hydrogen) atoms. The lowest BCUT2D eigenvalue weighted by atomic mass is 10.0. The fourth-order valence-electron chi connectivity index (χ4n) is 1.18. The Morgan fingerprint density at radius 3 is 2.21 bits per heavy atom. The van der Waals surface area contributed by atoms with Crippen LogP contribution in [0, 0.1) is 5.92 Å². The highest BCUT2D eigenvalue weighted by atomic mass is 16.5. The predicted molar refractivity (Wildman–Crippen MR) is 53.7 cm³/mol. The summed E-state index contributed by atoms with van der Waals surface area (Å²) in [6.07, 6.45) is 1.59. The summed E-state index contributed by atoms with van der Waals surface area (Å²) in [5.74, 6) is -0.445. The van der Waals surface area contributed by atoms with Crippen LogP contribution in [0.2, 0.25) is 0 Å². The first-order valence-corrected chi connectivity index (χ1v) is 5.08. The first kappa shape index (κ1) is 12.9. The summed E-state index contributed by atoms with van der Waals surface area (Å²) in [5.41, 5.74) is 0. The molecule has 0 atom stereocenters. The first-order chi connectivity index (χ1) is 6.65. The van der Waals surface area contributed by atoms with Crippen LogP contribution in [0.5, 0.6) is 0 Å². The standard InChI is InChI=1S/C10H19NO3/c1-4-8(5-2)10(13)11-7-9(12)14-6-3/h8H,4-7H2,1-3H3,(H,11,13). The average Bonchev–Trinajstić information content (AvgIpc) is 2.17. The molecule has 4 nitrogen and oxygen atoms in total. The van der Waals surface area contributed by atoms with Crippen molar-refractivity contribution in [3.63, 3.8) is 0 Å². The third-order valence-corrected chi connectivity index (χ3v) is 2.07. The van der Waals surface area contributed by atoms with Crippen LogP contribution < -0.4 is 5.32 Å². The molecule has 0 saturated carbocycles. The number of rotatable bonds is 6. The van der Waals surface area contributed by atoms with Crippen LogP contribution in [0.3, 0.4) is 0 Å². The van der Waals surface area contributed by atoms with Gasteiger partial charge in [0.1, 0.15) is 6.54 Å². The van der Waals surface area contributed by atoms with Gasteiger partial charge in [-0.1, -0.05) is 13.8 Å². The number of carbonyl (C=O) groups excluding carboxylic acids is 2. The predicted octanol–water partition coefficient (Wildman–Crippen LogP) is 1.10. The molecule has 0 aromatic rings. The van der Waals surface area contributed by atoms with Crippen LogP contribution in [0.25, 0.3) is 0 Å². The van der Waals surface area contributed by atoms with E-state index >= 15 is 0 Å². The van der Waals surface area contributed by atoms with Gasteiger partial charge in [0.05, 0.1) is 6.61 Å². The van der Waals surface area contributed by atoms with Crippen LogP contribution in [0.4, 0.5) is 0 Å². The number of carbonyl (C=O) groups is 2. The van der Waals surface area contributed by atoms with E-state index in [1.54, 1.807) is 6.92 Å². The van der Waals surface area contributed by atoms with Crippen molar-refractivity contribution in [1.82, 2.24) is 5.32 Å². The zero-order chi connectivity index (χ0) is 11.0. The Bertz CT molecular complexity index is 188. The van der Waals surface area contributed by atoms with Gasteiger partial charge in [0.2, 0.25) is 5.91 Å². The van der Waals surface area contributed by atoms with Gasteiger partial charge in [-0.05, 0) is 19.8 Å². The van der Waals surface area contributed by atoms with E-state index in [-0.39, 0.29) is 24.3 Å². The molecule has 0 saturated heterocycles. The molecule has 0 aromatic heterocycles. The second-order valence-electron chi connectivity index (χ2n) is 3.04. The zero-order valence-electron chi connectivity index (χ0n) is 9.13. The lowest BCUT2D eigenvalue weighted by molar-refractivity contribution is -0.143. The normalized spacial score (nSPS) is 10.0. The van der Waals surface area contributed by atoms with E-state index in [9.17, 15) is 9.59 Å². The van der Waals surface area contributed by atoms with E-state index in [0.29, 0.717) is 6.61 Å². The van der Waals surface area contributed by atoms with Crippen molar-refractivity contribution in [2.45, 2.75) is 33.6 Å². The van der Waals surface area contributed by atoms with Gasteiger partial charge in [0.25, 0.3) is 0 Å². The average molecular weight is 201 g/mol. The van der Waals surface area contributed by atoms with Gasteiger partial charge >= 0.3 is 5.97 Å². The van der Waals surface area contributed by atoms with Gasteiger partial charge in [-0.25, -0.2) is 0 Å². The van der Waals surface area contributed by atoms with Crippen LogP contribution in [0.1, 0.15) is 33.6 Å². The molecular weight excluding hydrogens is 182 g/mol. The molecule has 4 heteroatoms. The molecule has 0 fully saturated rings. The molecule has 1 amide bonds. The van der Waals surface area contributed by atoms with Gasteiger partial charge < -0.3 is 10.1 Å². The van der Waals surface area contributed by atoms with Gasteiger partial charge in [-0.3, -0.25) is 9.59 Å². The maximum Gasteiger partial charge on any atom is 0.325 e. The number of nitrogens with one attached hydrogen (secondary N) is 1. The molecule has 0 aromatic carbocycles. The minimum absolute atomic E-state index is 0.00410. The molecule has 0 bridgehead atoms. The van der Waals surface area contributed by atoms with E-state index in [0.717, 1.165) is 12.8 Å². The Hall–Kier alpha value is -1.06. The van der Waals surface area contributed by atoms with Gasteiger partial charge in [-0.2, -0.15) is 0 Å². The largest absolute Gasteiger partial charge is 0.465 e. The molecule has 0 unspecified atom stereocenters. The molecule has 1 N–H and O–H groups in total. The van der Waals surface area contributed by atoms with E-state index < -0.39 is 0 Å². The van der Waals surface area contributed by atoms with E-state index in [1.165, 1.54) is 0 Å². The highest BCUT2D eigenvalue weighted by Crippen LogP contribution is 2.06. The quantitative estimate of drug-likeness (QED) is 0.655. The van der Waals surface area contributed by atoms with Gasteiger partial charge in [0, 0.05) is 5.92 Å². The minimum atomic E-state index is -0.383. The monoisotopic (exact) mass is 201 g/mol. The summed E-state index contributed by atoms with van der Waals surface area (Å²) in [4.78, 5) is 22.3. The summed E-state index contributed by atoms with van der Waals surface area (Å²) in [5, 5.41) is 2.56. The van der Waals surface area contributed by atoms with Crippen molar-refractivity contribution in [2.75, 3.05) is 13.2 Å². The highest BCUT2D eigenvalue weighted by Gasteiger charge is 2.14.